The van der Waals surface area contributed by atoms with Gasteiger partial charge in [-0.1, -0.05) is 6.92 Å². The first-order valence-corrected chi connectivity index (χ1v) is 5.66. The molecule has 0 aliphatic heterocycles. The lowest BCUT2D eigenvalue weighted by molar-refractivity contribution is -0.144. The zero-order chi connectivity index (χ0) is 13.7. The third-order valence-electron chi connectivity index (χ3n) is 2.76. The number of ether oxygens (including phenoxy) is 1. The Hall–Kier alpha value is -2.09. The van der Waals surface area contributed by atoms with Crippen LogP contribution >= 0.6 is 0 Å². The van der Waals surface area contributed by atoms with E-state index in [0.717, 1.165) is 5.56 Å². The Morgan fingerprint density at radius 1 is 1.67 bits per heavy atom. The number of anilines is 1. The maximum Gasteiger partial charge on any atom is 0.310 e. The first kappa shape index (κ1) is 14.0. The summed E-state index contributed by atoms with van der Waals surface area (Å²) in [7, 11) is 3.17. The van der Waals surface area contributed by atoms with E-state index >= 15 is 0 Å². The van der Waals surface area contributed by atoms with E-state index in [1.54, 1.807) is 24.1 Å². The summed E-state index contributed by atoms with van der Waals surface area (Å²) in [5.41, 5.74) is 1.41. The van der Waals surface area contributed by atoms with E-state index in [1.165, 1.54) is 7.11 Å². The predicted octanol–water partition coefficient (Wildman–Crippen LogP) is 1.51. The molecule has 1 atom stereocenters. The number of rotatable bonds is 4. The van der Waals surface area contributed by atoms with Crippen molar-refractivity contribution < 1.29 is 9.53 Å². The Labute approximate surface area is 107 Å². The minimum Gasteiger partial charge on any atom is -0.469 e. The van der Waals surface area contributed by atoms with E-state index in [2.05, 4.69) is 15.8 Å². The quantitative estimate of drug-likeness (QED) is 0.754. The third-order valence-corrected chi connectivity index (χ3v) is 2.76. The Morgan fingerprint density at radius 2 is 2.33 bits per heavy atom. The van der Waals surface area contributed by atoms with E-state index in [9.17, 15) is 4.79 Å². The van der Waals surface area contributed by atoms with Gasteiger partial charge in [-0.2, -0.15) is 5.26 Å². The molecule has 18 heavy (non-hydrogen) atoms. The molecule has 1 unspecified atom stereocenters. The highest BCUT2D eigenvalue weighted by Crippen LogP contribution is 2.19. The fourth-order valence-electron chi connectivity index (χ4n) is 1.74. The van der Waals surface area contributed by atoms with Crippen molar-refractivity contribution >= 4 is 11.8 Å². The molecule has 0 spiro atoms. The highest BCUT2D eigenvalue weighted by Gasteiger charge is 2.18. The highest BCUT2D eigenvalue weighted by molar-refractivity contribution is 5.72. The van der Waals surface area contributed by atoms with Gasteiger partial charge in [0.2, 0.25) is 0 Å². The van der Waals surface area contributed by atoms with Crippen LogP contribution in [0.15, 0.2) is 12.3 Å². The van der Waals surface area contributed by atoms with Crippen molar-refractivity contribution in [1.82, 2.24) is 4.98 Å². The summed E-state index contributed by atoms with van der Waals surface area (Å²) >= 11 is 0. The molecule has 0 aliphatic carbocycles. The van der Waals surface area contributed by atoms with E-state index < -0.39 is 0 Å². The summed E-state index contributed by atoms with van der Waals surface area (Å²) in [5, 5.41) is 9.13. The lowest BCUT2D eigenvalue weighted by Crippen LogP contribution is -2.30. The van der Waals surface area contributed by atoms with Gasteiger partial charge in [0.25, 0.3) is 0 Å². The second kappa shape index (κ2) is 6.01. The SMILES string of the molecule is COC(=O)C(C)CN(C)c1nccc(C)c1C#N. The van der Waals surface area contributed by atoms with Crippen molar-refractivity contribution in [2.45, 2.75) is 13.8 Å². The van der Waals surface area contributed by atoms with Gasteiger partial charge in [-0.25, -0.2) is 4.98 Å². The van der Waals surface area contributed by atoms with Gasteiger partial charge in [0.1, 0.15) is 11.9 Å². The molecule has 1 rings (SSSR count). The van der Waals surface area contributed by atoms with Gasteiger partial charge in [-0.15, -0.1) is 0 Å². The first-order valence-electron chi connectivity index (χ1n) is 5.66. The first-order chi connectivity index (χ1) is 8.51. The predicted molar refractivity (Wildman–Crippen MR) is 68.1 cm³/mol. The minimum absolute atomic E-state index is 0.270. The van der Waals surface area contributed by atoms with E-state index in [0.29, 0.717) is 17.9 Å². The fraction of sp³-hybridized carbons (Fsp3) is 0.462. The molecule has 96 valence electrons. The largest absolute Gasteiger partial charge is 0.469 e. The number of esters is 1. The molecule has 0 saturated heterocycles. The maximum absolute atomic E-state index is 11.4. The number of hydrogen-bond donors (Lipinski definition) is 0. The second-order valence-electron chi connectivity index (χ2n) is 4.24. The number of aromatic nitrogens is 1. The molecule has 1 aromatic heterocycles. The fourth-order valence-corrected chi connectivity index (χ4v) is 1.74. The van der Waals surface area contributed by atoms with Gasteiger partial charge in [0.05, 0.1) is 18.6 Å². The standard InChI is InChI=1S/C13H17N3O2/c1-9-5-6-15-12(11(9)7-14)16(3)8-10(2)13(17)18-4/h5-6,10H,8H2,1-4H3. The molecule has 1 aromatic rings. The van der Waals surface area contributed by atoms with Crippen molar-refractivity contribution in [3.63, 3.8) is 0 Å². The molecule has 0 aromatic carbocycles. The topological polar surface area (TPSA) is 66.2 Å². The maximum atomic E-state index is 11.4. The average Bonchev–Trinajstić information content (AvgIpc) is 2.37. The normalized spacial score (nSPS) is 11.5. The molecule has 0 amide bonds. The van der Waals surface area contributed by atoms with Gasteiger partial charge in [0, 0.05) is 19.8 Å². The molecule has 0 fully saturated rings. The number of nitriles is 1. The summed E-state index contributed by atoms with van der Waals surface area (Å²) in [6, 6.07) is 3.93. The van der Waals surface area contributed by atoms with Crippen molar-refractivity contribution in [3.8, 4) is 6.07 Å². The van der Waals surface area contributed by atoms with Crippen molar-refractivity contribution in [1.29, 1.82) is 5.26 Å². The van der Waals surface area contributed by atoms with Gasteiger partial charge in [0.15, 0.2) is 0 Å². The van der Waals surface area contributed by atoms with E-state index in [4.69, 9.17) is 5.26 Å². The van der Waals surface area contributed by atoms with E-state index in [-0.39, 0.29) is 11.9 Å². The zero-order valence-electron chi connectivity index (χ0n) is 11.1. The van der Waals surface area contributed by atoms with Crippen molar-refractivity contribution in [2.24, 2.45) is 5.92 Å². The zero-order valence-corrected chi connectivity index (χ0v) is 11.1. The second-order valence-corrected chi connectivity index (χ2v) is 4.24. The number of nitrogens with zero attached hydrogens (tertiary/aromatic N) is 3. The average molecular weight is 247 g/mol. The Morgan fingerprint density at radius 3 is 2.89 bits per heavy atom. The highest BCUT2D eigenvalue weighted by atomic mass is 16.5. The monoisotopic (exact) mass is 247 g/mol. The van der Waals surface area contributed by atoms with Crippen LogP contribution in [-0.4, -0.2) is 31.7 Å². The van der Waals surface area contributed by atoms with Gasteiger partial charge < -0.3 is 9.64 Å². The smallest absolute Gasteiger partial charge is 0.310 e. The molecule has 0 radical (unpaired) electrons. The third kappa shape index (κ3) is 2.98. The lowest BCUT2D eigenvalue weighted by atomic mass is 10.1. The number of carbonyl (C=O) groups is 1. The van der Waals surface area contributed by atoms with Crippen LogP contribution in [0.5, 0.6) is 0 Å². The number of hydrogen-bond acceptors (Lipinski definition) is 5. The van der Waals surface area contributed by atoms with Crippen molar-refractivity contribution in [2.75, 3.05) is 25.6 Å². The number of aryl methyl sites for hydroxylation is 1. The van der Waals surface area contributed by atoms with Gasteiger partial charge >= 0.3 is 5.97 Å². The Bertz CT molecular complexity index is 480. The molecular weight excluding hydrogens is 230 g/mol. The number of carbonyl (C=O) groups excluding carboxylic acids is 1. The summed E-state index contributed by atoms with van der Waals surface area (Å²) in [6.07, 6.45) is 1.66. The molecule has 0 saturated carbocycles. The summed E-state index contributed by atoms with van der Waals surface area (Å²) in [6.45, 7) is 4.10. The van der Waals surface area contributed by atoms with Crippen LogP contribution in [0.25, 0.3) is 0 Å². The van der Waals surface area contributed by atoms with Crippen LogP contribution in [0.2, 0.25) is 0 Å². The van der Waals surface area contributed by atoms with Gasteiger partial charge in [-0.05, 0) is 18.6 Å². The Balaban J connectivity index is 2.92. The minimum atomic E-state index is -0.270. The van der Waals surface area contributed by atoms with Crippen LogP contribution in [0.1, 0.15) is 18.1 Å². The number of methoxy groups -OCH3 is 1. The lowest BCUT2D eigenvalue weighted by Gasteiger charge is -2.22. The molecule has 1 heterocycles. The summed E-state index contributed by atoms with van der Waals surface area (Å²) in [4.78, 5) is 17.4. The van der Waals surface area contributed by atoms with Crippen LogP contribution < -0.4 is 4.90 Å². The molecular formula is C13H17N3O2. The summed E-state index contributed by atoms with van der Waals surface area (Å²) < 4.78 is 4.68. The van der Waals surface area contributed by atoms with Crippen LogP contribution in [0, 0.1) is 24.2 Å². The Kier molecular flexibility index (Phi) is 4.67. The van der Waals surface area contributed by atoms with Crippen LogP contribution in [0.4, 0.5) is 5.82 Å². The van der Waals surface area contributed by atoms with Crippen LogP contribution in [-0.2, 0) is 9.53 Å². The molecule has 0 N–H and O–H groups in total. The number of pyridine rings is 1. The molecule has 5 heteroatoms. The molecule has 0 aliphatic rings. The van der Waals surface area contributed by atoms with Crippen molar-refractivity contribution in [3.05, 3.63) is 23.4 Å². The molecule has 5 nitrogen and oxygen atoms in total. The van der Waals surface area contributed by atoms with Gasteiger partial charge in [-0.3, -0.25) is 4.79 Å². The van der Waals surface area contributed by atoms with E-state index in [1.807, 2.05) is 14.0 Å². The van der Waals surface area contributed by atoms with Crippen LogP contribution in [0.3, 0.4) is 0 Å². The molecule has 0 bridgehead atoms. The summed E-state index contributed by atoms with van der Waals surface area (Å²) in [5.74, 6) is 0.0510.